The van der Waals surface area contributed by atoms with Gasteiger partial charge in [-0.1, -0.05) is 10.4 Å². The number of rotatable bonds is 3. The van der Waals surface area contributed by atoms with Gasteiger partial charge in [-0.15, -0.1) is 10.2 Å². The highest BCUT2D eigenvalue weighted by Gasteiger charge is 2.26. The van der Waals surface area contributed by atoms with Crippen molar-refractivity contribution in [3.8, 4) is 5.82 Å². The summed E-state index contributed by atoms with van der Waals surface area (Å²) in [7, 11) is 0. The lowest BCUT2D eigenvalue weighted by atomic mass is 10.3. The molecule has 3 rings (SSSR count). The van der Waals surface area contributed by atoms with Gasteiger partial charge in [0.1, 0.15) is 5.52 Å². The molecular formula is C9H5N7O4. The van der Waals surface area contributed by atoms with E-state index in [-0.39, 0.29) is 11.5 Å². The number of carboxylic acid groups (broad SMARTS) is 2. The van der Waals surface area contributed by atoms with Crippen LogP contribution < -0.4 is 0 Å². The van der Waals surface area contributed by atoms with Crippen molar-refractivity contribution in [2.24, 2.45) is 0 Å². The van der Waals surface area contributed by atoms with Crippen LogP contribution in [0.25, 0.3) is 17.0 Å². The molecule has 3 N–H and O–H groups in total. The minimum atomic E-state index is -1.49. The van der Waals surface area contributed by atoms with Crippen LogP contribution in [-0.2, 0) is 0 Å². The molecule has 0 unspecified atom stereocenters. The summed E-state index contributed by atoms with van der Waals surface area (Å²) in [4.78, 5) is 26.1. The summed E-state index contributed by atoms with van der Waals surface area (Å²) in [5.74, 6) is -2.89. The normalized spacial score (nSPS) is 10.8. The number of hydrogen-bond donors (Lipinski definition) is 3. The zero-order valence-electron chi connectivity index (χ0n) is 9.55. The quantitative estimate of drug-likeness (QED) is 0.563. The molecule has 100 valence electrons. The van der Waals surface area contributed by atoms with Crippen molar-refractivity contribution in [1.82, 2.24) is 35.4 Å². The lowest BCUT2D eigenvalue weighted by molar-refractivity contribution is 0.0642. The summed E-state index contributed by atoms with van der Waals surface area (Å²) < 4.78 is 0.819. The summed E-state index contributed by atoms with van der Waals surface area (Å²) in [5.41, 5.74) is -0.470. The Morgan fingerprint density at radius 2 is 1.95 bits per heavy atom. The van der Waals surface area contributed by atoms with Gasteiger partial charge in [-0.25, -0.2) is 14.6 Å². The largest absolute Gasteiger partial charge is 0.476 e. The van der Waals surface area contributed by atoms with Crippen molar-refractivity contribution in [2.45, 2.75) is 0 Å². The molecule has 0 fully saturated rings. The summed E-state index contributed by atoms with van der Waals surface area (Å²) in [6.07, 6.45) is 0. The fourth-order valence-electron chi connectivity index (χ4n) is 1.62. The van der Waals surface area contributed by atoms with Gasteiger partial charge in [-0.3, -0.25) is 5.10 Å². The van der Waals surface area contributed by atoms with E-state index in [4.69, 9.17) is 10.2 Å². The molecule has 20 heavy (non-hydrogen) atoms. The number of H-pyrrole nitrogens is 1. The third-order valence-corrected chi connectivity index (χ3v) is 2.47. The second-order valence-electron chi connectivity index (χ2n) is 3.66. The van der Waals surface area contributed by atoms with Crippen molar-refractivity contribution < 1.29 is 19.8 Å². The first-order valence-electron chi connectivity index (χ1n) is 5.18. The standard InChI is InChI=1S/C9H5N7O4/c17-8(18)5-6(9(19)20)16(15-12-5)4-2-1-3-7(10-4)13-14-11-3/h1-2H,(H,17,18)(H,19,20)(H,10,11,13,14). The maximum absolute atomic E-state index is 11.2. The molecule has 0 saturated heterocycles. The molecule has 11 heteroatoms. The van der Waals surface area contributed by atoms with Crippen molar-refractivity contribution in [1.29, 1.82) is 0 Å². The van der Waals surface area contributed by atoms with E-state index in [0.29, 0.717) is 5.52 Å². The number of nitrogens with zero attached hydrogens (tertiary/aromatic N) is 6. The topological polar surface area (TPSA) is 160 Å². The molecule has 0 radical (unpaired) electrons. The summed E-state index contributed by atoms with van der Waals surface area (Å²) in [6, 6.07) is 3.00. The number of aromatic nitrogens is 7. The van der Waals surface area contributed by atoms with Gasteiger partial charge in [0.05, 0.1) is 0 Å². The average molecular weight is 275 g/mol. The van der Waals surface area contributed by atoms with Gasteiger partial charge in [0, 0.05) is 0 Å². The molecule has 0 saturated carbocycles. The number of aromatic carboxylic acids is 2. The first kappa shape index (κ1) is 11.7. The Hall–Kier alpha value is -3.37. The highest BCUT2D eigenvalue weighted by molar-refractivity contribution is 5.99. The number of aromatic amines is 1. The second-order valence-corrected chi connectivity index (χ2v) is 3.66. The Bertz CT molecular complexity index is 836. The molecule has 0 aliphatic heterocycles. The Kier molecular flexibility index (Phi) is 2.39. The summed E-state index contributed by atoms with van der Waals surface area (Å²) in [6.45, 7) is 0. The minimum absolute atomic E-state index is 0.0730. The van der Waals surface area contributed by atoms with Gasteiger partial charge >= 0.3 is 11.9 Å². The Morgan fingerprint density at radius 3 is 2.65 bits per heavy atom. The number of nitrogens with one attached hydrogen (secondary N) is 1. The zero-order valence-corrected chi connectivity index (χ0v) is 9.55. The molecule has 3 heterocycles. The number of carboxylic acids is 2. The van der Waals surface area contributed by atoms with Gasteiger partial charge in [0.15, 0.2) is 11.5 Å². The van der Waals surface area contributed by atoms with E-state index in [1.54, 1.807) is 6.07 Å². The monoisotopic (exact) mass is 275 g/mol. The maximum Gasteiger partial charge on any atom is 0.359 e. The van der Waals surface area contributed by atoms with E-state index < -0.39 is 23.3 Å². The van der Waals surface area contributed by atoms with Crippen molar-refractivity contribution in [3.05, 3.63) is 23.5 Å². The van der Waals surface area contributed by atoms with E-state index in [0.717, 1.165) is 4.68 Å². The first-order valence-corrected chi connectivity index (χ1v) is 5.18. The van der Waals surface area contributed by atoms with E-state index in [1.165, 1.54) is 6.07 Å². The number of carbonyl (C=O) groups is 2. The van der Waals surface area contributed by atoms with Gasteiger partial charge < -0.3 is 10.2 Å². The first-order chi connectivity index (χ1) is 9.58. The van der Waals surface area contributed by atoms with Gasteiger partial charge in [0.25, 0.3) is 0 Å². The minimum Gasteiger partial charge on any atom is -0.476 e. The molecule has 3 aromatic heterocycles. The zero-order chi connectivity index (χ0) is 14.3. The van der Waals surface area contributed by atoms with Crippen LogP contribution in [0.4, 0.5) is 0 Å². The van der Waals surface area contributed by atoms with Crippen LogP contribution in [0.15, 0.2) is 12.1 Å². The lowest BCUT2D eigenvalue weighted by Crippen LogP contribution is -2.13. The van der Waals surface area contributed by atoms with E-state index in [1.807, 2.05) is 0 Å². The number of hydrogen-bond acceptors (Lipinski definition) is 7. The highest BCUT2D eigenvalue weighted by Crippen LogP contribution is 2.14. The molecule has 0 aromatic carbocycles. The maximum atomic E-state index is 11.2. The molecule has 0 aliphatic carbocycles. The predicted molar refractivity (Wildman–Crippen MR) is 60.5 cm³/mol. The molecule has 0 bridgehead atoms. The van der Waals surface area contributed by atoms with Crippen molar-refractivity contribution >= 4 is 23.1 Å². The smallest absolute Gasteiger partial charge is 0.359 e. The molecule has 11 nitrogen and oxygen atoms in total. The molecule has 0 aliphatic rings. The van der Waals surface area contributed by atoms with Crippen LogP contribution in [0.3, 0.4) is 0 Å². The van der Waals surface area contributed by atoms with Gasteiger partial charge in [-0.05, 0) is 12.1 Å². The number of pyridine rings is 1. The van der Waals surface area contributed by atoms with Crippen molar-refractivity contribution in [3.63, 3.8) is 0 Å². The van der Waals surface area contributed by atoms with Crippen LogP contribution in [0.5, 0.6) is 0 Å². The van der Waals surface area contributed by atoms with Crippen LogP contribution in [0.1, 0.15) is 21.0 Å². The SMILES string of the molecule is O=C(O)c1nnn(-c2ccc3[nH]nnc3n2)c1C(=O)O. The van der Waals surface area contributed by atoms with E-state index >= 15 is 0 Å². The molecular weight excluding hydrogens is 270 g/mol. The summed E-state index contributed by atoms with van der Waals surface area (Å²) in [5, 5.41) is 34.6. The lowest BCUT2D eigenvalue weighted by Gasteiger charge is -2.01. The third kappa shape index (κ3) is 1.65. The van der Waals surface area contributed by atoms with Gasteiger partial charge in [-0.2, -0.15) is 4.68 Å². The second kappa shape index (κ2) is 4.08. The fourth-order valence-corrected chi connectivity index (χ4v) is 1.62. The van der Waals surface area contributed by atoms with Crippen LogP contribution in [-0.4, -0.2) is 57.5 Å². The van der Waals surface area contributed by atoms with Gasteiger partial charge in [0.2, 0.25) is 11.3 Å². The Balaban J connectivity index is 2.23. The average Bonchev–Trinajstić information content (AvgIpc) is 3.04. The van der Waals surface area contributed by atoms with Crippen LogP contribution in [0, 0.1) is 0 Å². The molecule has 0 spiro atoms. The summed E-state index contributed by atoms with van der Waals surface area (Å²) >= 11 is 0. The Labute approximate surface area is 108 Å². The molecule has 0 atom stereocenters. The highest BCUT2D eigenvalue weighted by atomic mass is 16.4. The van der Waals surface area contributed by atoms with E-state index in [2.05, 4.69) is 30.7 Å². The van der Waals surface area contributed by atoms with Crippen LogP contribution in [0.2, 0.25) is 0 Å². The molecule has 3 aromatic rings. The fraction of sp³-hybridized carbons (Fsp3) is 0. The third-order valence-electron chi connectivity index (χ3n) is 2.47. The predicted octanol–water partition coefficient (Wildman–Crippen LogP) is -0.670. The van der Waals surface area contributed by atoms with E-state index in [9.17, 15) is 9.59 Å². The molecule has 0 amide bonds. The van der Waals surface area contributed by atoms with Crippen LogP contribution >= 0.6 is 0 Å². The Morgan fingerprint density at radius 1 is 1.15 bits per heavy atom. The number of fused-ring (bicyclic) bond motifs is 1. The van der Waals surface area contributed by atoms with Crippen molar-refractivity contribution in [2.75, 3.05) is 0 Å².